The first-order valence-corrected chi connectivity index (χ1v) is 5.10. The summed E-state index contributed by atoms with van der Waals surface area (Å²) in [6, 6.07) is 0. The van der Waals surface area contributed by atoms with E-state index < -0.39 is 0 Å². The fourth-order valence-corrected chi connectivity index (χ4v) is 1.51. The molecule has 1 aliphatic heterocycles. The van der Waals surface area contributed by atoms with Crippen LogP contribution in [0.15, 0.2) is 27.6 Å². The Morgan fingerprint density at radius 1 is 1.18 bits per heavy atom. The Bertz CT molecular complexity index is 601. The number of aromatic amines is 2. The highest BCUT2D eigenvalue weighted by atomic mass is 16.2. The summed E-state index contributed by atoms with van der Waals surface area (Å²) in [5.41, 5.74) is 4.63. The maximum absolute atomic E-state index is 11.3. The molecule has 3 N–H and O–H groups in total. The highest BCUT2D eigenvalue weighted by Crippen LogP contribution is 2.06. The van der Waals surface area contributed by atoms with Crippen molar-refractivity contribution in [2.75, 3.05) is 0 Å². The van der Waals surface area contributed by atoms with E-state index in [1.807, 2.05) is 0 Å². The van der Waals surface area contributed by atoms with Crippen LogP contribution in [0.3, 0.4) is 0 Å². The molecule has 2 heterocycles. The second-order valence-corrected chi connectivity index (χ2v) is 3.70. The summed E-state index contributed by atoms with van der Waals surface area (Å²) < 4.78 is 0. The molecule has 88 valence electrons. The van der Waals surface area contributed by atoms with Crippen LogP contribution in [0.2, 0.25) is 0 Å². The van der Waals surface area contributed by atoms with Crippen molar-refractivity contribution in [1.29, 1.82) is 0 Å². The number of rotatable bonds is 2. The first-order chi connectivity index (χ1) is 8.09. The van der Waals surface area contributed by atoms with Crippen LogP contribution in [-0.2, 0) is 4.79 Å². The number of carbonyl (C=O) groups excluding carboxylic acids is 1. The fraction of sp³-hybridized carbons (Fsp3) is 0.182. The standard InChI is InChI=1S/C11H12N4O2/c1-6-8(10(16)14-12-6)4-3-5-9-7(2)13-15-11(9)17/h3-5H,1-2H3,(H,14,16)(H2,13,15,17). The van der Waals surface area contributed by atoms with Gasteiger partial charge >= 0.3 is 0 Å². The molecular weight excluding hydrogens is 220 g/mol. The topological polar surface area (TPSA) is 90.1 Å². The van der Waals surface area contributed by atoms with Crippen molar-refractivity contribution in [3.8, 4) is 0 Å². The van der Waals surface area contributed by atoms with E-state index in [1.54, 1.807) is 32.1 Å². The van der Waals surface area contributed by atoms with E-state index in [2.05, 4.69) is 20.7 Å². The van der Waals surface area contributed by atoms with Gasteiger partial charge in [0.25, 0.3) is 11.5 Å². The molecule has 0 unspecified atom stereocenters. The lowest BCUT2D eigenvalue weighted by Gasteiger charge is -1.90. The second kappa shape index (κ2) is 4.25. The Kier molecular flexibility index (Phi) is 2.78. The minimum Gasteiger partial charge on any atom is -0.302 e. The van der Waals surface area contributed by atoms with Gasteiger partial charge < -0.3 is 5.10 Å². The summed E-state index contributed by atoms with van der Waals surface area (Å²) in [4.78, 5) is 22.6. The van der Waals surface area contributed by atoms with Gasteiger partial charge in [-0.25, -0.2) is 5.43 Å². The van der Waals surface area contributed by atoms with E-state index in [0.29, 0.717) is 16.8 Å². The van der Waals surface area contributed by atoms with Crippen LogP contribution >= 0.6 is 0 Å². The molecule has 6 heteroatoms. The Morgan fingerprint density at radius 3 is 2.47 bits per heavy atom. The molecule has 0 bridgehead atoms. The Balaban J connectivity index is 2.24. The molecular formula is C11H12N4O2. The third-order valence-electron chi connectivity index (χ3n) is 2.50. The Hall–Kier alpha value is -2.37. The summed E-state index contributed by atoms with van der Waals surface area (Å²) in [7, 11) is 0. The molecule has 17 heavy (non-hydrogen) atoms. The van der Waals surface area contributed by atoms with E-state index in [1.165, 1.54) is 0 Å². The molecule has 6 nitrogen and oxygen atoms in total. The molecule has 0 fully saturated rings. The Labute approximate surface area is 97.1 Å². The van der Waals surface area contributed by atoms with Gasteiger partial charge in [-0.1, -0.05) is 6.08 Å². The SMILES string of the molecule is CC1=NNC(=O)C1=CC=Cc1c(C)[nH][nH]c1=O. The van der Waals surface area contributed by atoms with Crippen molar-refractivity contribution in [1.82, 2.24) is 15.6 Å². The smallest absolute Gasteiger partial charge is 0.273 e. The average Bonchev–Trinajstić information content (AvgIpc) is 2.77. The van der Waals surface area contributed by atoms with Gasteiger partial charge in [0, 0.05) is 5.69 Å². The third kappa shape index (κ3) is 2.10. The number of allylic oxidation sites excluding steroid dienone is 2. The summed E-state index contributed by atoms with van der Waals surface area (Å²) in [6.07, 6.45) is 4.94. The van der Waals surface area contributed by atoms with Gasteiger partial charge in [-0.3, -0.25) is 14.7 Å². The lowest BCUT2D eigenvalue weighted by atomic mass is 10.1. The lowest BCUT2D eigenvalue weighted by Crippen LogP contribution is -2.12. The van der Waals surface area contributed by atoms with Crippen molar-refractivity contribution >= 4 is 17.7 Å². The first kappa shape index (κ1) is 11.1. The van der Waals surface area contributed by atoms with Crippen LogP contribution in [0.4, 0.5) is 0 Å². The van der Waals surface area contributed by atoms with Gasteiger partial charge in [-0.2, -0.15) is 5.10 Å². The van der Waals surface area contributed by atoms with Crippen molar-refractivity contribution < 1.29 is 4.79 Å². The van der Waals surface area contributed by atoms with E-state index in [0.717, 1.165) is 5.69 Å². The number of nitrogens with one attached hydrogen (secondary N) is 3. The van der Waals surface area contributed by atoms with Crippen LogP contribution < -0.4 is 11.0 Å². The van der Waals surface area contributed by atoms with Gasteiger partial charge in [0.1, 0.15) is 0 Å². The first-order valence-electron chi connectivity index (χ1n) is 5.10. The van der Waals surface area contributed by atoms with Crippen LogP contribution in [0.5, 0.6) is 0 Å². The molecule has 2 rings (SSSR count). The molecule has 1 aliphatic rings. The van der Waals surface area contributed by atoms with Gasteiger partial charge in [-0.05, 0) is 26.0 Å². The average molecular weight is 232 g/mol. The lowest BCUT2D eigenvalue weighted by molar-refractivity contribution is -0.116. The molecule has 0 atom stereocenters. The predicted molar refractivity (Wildman–Crippen MR) is 64.5 cm³/mol. The number of nitrogens with zero attached hydrogens (tertiary/aromatic N) is 1. The maximum Gasteiger partial charge on any atom is 0.273 e. The quantitative estimate of drug-likeness (QED) is 0.646. The van der Waals surface area contributed by atoms with Crippen LogP contribution in [0, 0.1) is 6.92 Å². The molecule has 0 aromatic carbocycles. The summed E-state index contributed by atoms with van der Waals surface area (Å²) in [5, 5.41) is 8.99. The molecule has 1 aromatic heterocycles. The maximum atomic E-state index is 11.3. The largest absolute Gasteiger partial charge is 0.302 e. The third-order valence-corrected chi connectivity index (χ3v) is 2.50. The number of hydrazone groups is 1. The van der Waals surface area contributed by atoms with Gasteiger partial charge in [0.05, 0.1) is 16.8 Å². The highest BCUT2D eigenvalue weighted by Gasteiger charge is 2.17. The van der Waals surface area contributed by atoms with Crippen molar-refractivity contribution in [2.45, 2.75) is 13.8 Å². The minimum atomic E-state index is -0.230. The van der Waals surface area contributed by atoms with E-state index in [-0.39, 0.29) is 11.5 Å². The number of hydrogen-bond acceptors (Lipinski definition) is 3. The monoisotopic (exact) mass is 232 g/mol. The minimum absolute atomic E-state index is 0.182. The van der Waals surface area contributed by atoms with E-state index in [4.69, 9.17) is 0 Å². The summed E-state index contributed by atoms with van der Waals surface area (Å²) >= 11 is 0. The van der Waals surface area contributed by atoms with Gasteiger partial charge in [0.15, 0.2) is 0 Å². The predicted octanol–water partition coefficient (Wildman–Crippen LogP) is 0.457. The van der Waals surface area contributed by atoms with Crippen LogP contribution in [0.25, 0.3) is 6.08 Å². The van der Waals surface area contributed by atoms with Crippen molar-refractivity contribution in [3.05, 3.63) is 39.3 Å². The van der Waals surface area contributed by atoms with Gasteiger partial charge in [-0.15, -0.1) is 0 Å². The zero-order valence-electron chi connectivity index (χ0n) is 9.50. The Morgan fingerprint density at radius 2 is 1.94 bits per heavy atom. The molecule has 0 saturated carbocycles. The molecule has 0 spiro atoms. The van der Waals surface area contributed by atoms with Crippen molar-refractivity contribution in [3.63, 3.8) is 0 Å². The number of hydrogen-bond donors (Lipinski definition) is 3. The number of carbonyl (C=O) groups is 1. The number of aromatic nitrogens is 2. The van der Waals surface area contributed by atoms with E-state index in [9.17, 15) is 9.59 Å². The van der Waals surface area contributed by atoms with Crippen LogP contribution in [-0.4, -0.2) is 21.8 Å². The van der Waals surface area contributed by atoms with Gasteiger partial charge in [0.2, 0.25) is 0 Å². The van der Waals surface area contributed by atoms with Crippen LogP contribution in [0.1, 0.15) is 18.2 Å². The number of aryl methyl sites for hydroxylation is 1. The fourth-order valence-electron chi connectivity index (χ4n) is 1.51. The number of amides is 1. The zero-order valence-corrected chi connectivity index (χ0v) is 9.50. The summed E-state index contributed by atoms with van der Waals surface area (Å²) in [5.74, 6) is -0.230. The molecule has 0 saturated heterocycles. The zero-order chi connectivity index (χ0) is 12.4. The summed E-state index contributed by atoms with van der Waals surface area (Å²) in [6.45, 7) is 3.53. The molecule has 0 aliphatic carbocycles. The molecule has 1 aromatic rings. The van der Waals surface area contributed by atoms with Crippen molar-refractivity contribution in [2.24, 2.45) is 5.10 Å². The second-order valence-electron chi connectivity index (χ2n) is 3.70. The van der Waals surface area contributed by atoms with E-state index >= 15 is 0 Å². The normalized spacial score (nSPS) is 17.9. The highest BCUT2D eigenvalue weighted by molar-refractivity contribution is 6.24. The molecule has 0 radical (unpaired) electrons. The number of H-pyrrole nitrogens is 2. The molecule has 1 amide bonds.